The molecule has 1 aromatic rings. The van der Waals surface area contributed by atoms with Crippen molar-refractivity contribution < 1.29 is 4.84 Å². The second kappa shape index (κ2) is 3.90. The molecule has 1 aliphatic heterocycles. The highest BCUT2D eigenvalue weighted by atomic mass is 16.7. The van der Waals surface area contributed by atoms with E-state index in [2.05, 4.69) is 24.3 Å². The van der Waals surface area contributed by atoms with Crippen molar-refractivity contribution in [1.29, 1.82) is 0 Å². The van der Waals surface area contributed by atoms with Gasteiger partial charge in [-0.15, -0.1) is 0 Å². The summed E-state index contributed by atoms with van der Waals surface area (Å²) >= 11 is 0. The highest BCUT2D eigenvalue weighted by Crippen LogP contribution is 2.27. The van der Waals surface area contributed by atoms with Gasteiger partial charge in [0.25, 0.3) is 0 Å². The largest absolute Gasteiger partial charge is 0.299 e. The molecule has 1 heterocycles. The first-order chi connectivity index (χ1) is 6.38. The van der Waals surface area contributed by atoms with Gasteiger partial charge in [0.15, 0.2) is 0 Å². The summed E-state index contributed by atoms with van der Waals surface area (Å²) in [4.78, 5) is 5.48. The van der Waals surface area contributed by atoms with Crippen molar-refractivity contribution in [3.8, 4) is 0 Å². The van der Waals surface area contributed by atoms with Crippen LogP contribution < -0.4 is 0 Å². The molecule has 1 fully saturated rings. The Bertz CT molecular complexity index is 260. The molecule has 1 aliphatic rings. The van der Waals surface area contributed by atoms with Gasteiger partial charge in [0.1, 0.15) is 0 Å². The Morgan fingerprint density at radius 1 is 1.31 bits per heavy atom. The van der Waals surface area contributed by atoms with E-state index in [1.165, 1.54) is 12.0 Å². The van der Waals surface area contributed by atoms with E-state index < -0.39 is 0 Å². The minimum atomic E-state index is 0.440. The molecule has 2 nitrogen and oxygen atoms in total. The first-order valence-electron chi connectivity index (χ1n) is 4.78. The number of hydrogen-bond acceptors (Lipinski definition) is 2. The maximum absolute atomic E-state index is 5.48. The molecule has 70 valence electrons. The lowest BCUT2D eigenvalue weighted by atomic mass is 10.0. The van der Waals surface area contributed by atoms with Crippen molar-refractivity contribution >= 4 is 0 Å². The number of rotatable bonds is 1. The average molecular weight is 177 g/mol. The first kappa shape index (κ1) is 8.73. The maximum atomic E-state index is 5.48. The first-order valence-corrected chi connectivity index (χ1v) is 4.78. The molecular formula is C11H15NO. The predicted octanol–water partition coefficient (Wildman–Crippen LogP) is 2.38. The van der Waals surface area contributed by atoms with Crippen LogP contribution in [-0.2, 0) is 4.84 Å². The van der Waals surface area contributed by atoms with Crippen LogP contribution in [0.4, 0.5) is 0 Å². The zero-order valence-corrected chi connectivity index (χ0v) is 7.94. The van der Waals surface area contributed by atoms with Crippen molar-refractivity contribution in [2.24, 2.45) is 0 Å². The van der Waals surface area contributed by atoms with Crippen LogP contribution in [0, 0.1) is 0 Å². The van der Waals surface area contributed by atoms with Crippen molar-refractivity contribution in [2.45, 2.75) is 18.9 Å². The van der Waals surface area contributed by atoms with E-state index in [1.807, 2.05) is 18.2 Å². The molecule has 0 aromatic heterocycles. The topological polar surface area (TPSA) is 12.5 Å². The Balaban J connectivity index is 2.15. The predicted molar refractivity (Wildman–Crippen MR) is 52.1 cm³/mol. The fourth-order valence-corrected chi connectivity index (χ4v) is 1.81. The van der Waals surface area contributed by atoms with Gasteiger partial charge in [-0.2, -0.15) is 5.06 Å². The second-order valence-corrected chi connectivity index (χ2v) is 3.45. The summed E-state index contributed by atoms with van der Waals surface area (Å²) in [5.41, 5.74) is 1.35. The van der Waals surface area contributed by atoms with Crippen LogP contribution in [0.2, 0.25) is 0 Å². The van der Waals surface area contributed by atoms with Gasteiger partial charge in [-0.05, 0) is 18.4 Å². The van der Waals surface area contributed by atoms with Crippen LogP contribution in [0.3, 0.4) is 0 Å². The molecule has 1 atom stereocenters. The van der Waals surface area contributed by atoms with Crippen LogP contribution in [0.1, 0.15) is 24.4 Å². The van der Waals surface area contributed by atoms with Crippen molar-refractivity contribution in [1.82, 2.24) is 5.06 Å². The lowest BCUT2D eigenvalue weighted by Crippen LogP contribution is -2.29. The third-order valence-corrected chi connectivity index (χ3v) is 2.54. The van der Waals surface area contributed by atoms with Crippen LogP contribution in [0.25, 0.3) is 0 Å². The average Bonchev–Trinajstić information content (AvgIpc) is 2.20. The molecule has 0 amide bonds. The molecule has 1 aromatic carbocycles. The van der Waals surface area contributed by atoms with Crippen molar-refractivity contribution in [3.63, 3.8) is 0 Å². The third kappa shape index (κ3) is 1.90. The fraction of sp³-hybridized carbons (Fsp3) is 0.455. The number of hydrogen-bond donors (Lipinski definition) is 0. The Morgan fingerprint density at radius 2 is 2.08 bits per heavy atom. The van der Waals surface area contributed by atoms with Gasteiger partial charge >= 0.3 is 0 Å². The summed E-state index contributed by atoms with van der Waals surface area (Å²) < 4.78 is 0. The quantitative estimate of drug-likeness (QED) is 0.653. The molecule has 1 saturated heterocycles. The summed E-state index contributed by atoms with van der Waals surface area (Å²) in [6.45, 7) is 0.861. The number of benzene rings is 1. The zero-order chi connectivity index (χ0) is 9.10. The maximum Gasteiger partial charge on any atom is 0.0685 e. The minimum absolute atomic E-state index is 0.440. The zero-order valence-electron chi connectivity index (χ0n) is 7.94. The van der Waals surface area contributed by atoms with E-state index in [0.29, 0.717) is 6.04 Å². The van der Waals surface area contributed by atoms with Crippen molar-refractivity contribution in [2.75, 3.05) is 13.7 Å². The normalized spacial score (nSPS) is 24.5. The molecule has 2 rings (SSSR count). The molecule has 0 N–H and O–H groups in total. The van der Waals surface area contributed by atoms with Gasteiger partial charge in [-0.1, -0.05) is 30.3 Å². The second-order valence-electron chi connectivity index (χ2n) is 3.45. The monoisotopic (exact) mass is 177 g/mol. The standard InChI is InChI=1S/C11H15NO/c1-12-11(8-5-9-13-12)10-6-3-2-4-7-10/h2-4,6-7,11H,5,8-9H2,1H3. The molecule has 1 unspecified atom stereocenters. The van der Waals surface area contributed by atoms with E-state index >= 15 is 0 Å². The SMILES string of the molecule is CN1OCCCC1c1ccccc1. The molecule has 2 heteroatoms. The molecule has 0 aliphatic carbocycles. The summed E-state index contributed by atoms with van der Waals surface area (Å²) in [6.07, 6.45) is 2.35. The lowest BCUT2D eigenvalue weighted by Gasteiger charge is -2.31. The molecule has 0 radical (unpaired) electrons. The van der Waals surface area contributed by atoms with Gasteiger partial charge < -0.3 is 0 Å². The Hall–Kier alpha value is -0.860. The third-order valence-electron chi connectivity index (χ3n) is 2.54. The van der Waals surface area contributed by atoms with E-state index in [4.69, 9.17) is 4.84 Å². The Kier molecular flexibility index (Phi) is 2.62. The molecular weight excluding hydrogens is 162 g/mol. The minimum Gasteiger partial charge on any atom is -0.299 e. The van der Waals surface area contributed by atoms with Crippen LogP contribution in [0.15, 0.2) is 30.3 Å². The van der Waals surface area contributed by atoms with E-state index in [0.717, 1.165) is 13.0 Å². The fourth-order valence-electron chi connectivity index (χ4n) is 1.81. The van der Waals surface area contributed by atoms with Gasteiger partial charge in [-0.3, -0.25) is 4.84 Å². The van der Waals surface area contributed by atoms with E-state index in [-0.39, 0.29) is 0 Å². The van der Waals surface area contributed by atoms with Crippen LogP contribution in [-0.4, -0.2) is 18.7 Å². The van der Waals surface area contributed by atoms with Gasteiger partial charge in [0, 0.05) is 7.05 Å². The van der Waals surface area contributed by atoms with E-state index in [1.54, 1.807) is 0 Å². The summed E-state index contributed by atoms with van der Waals surface area (Å²) in [5.74, 6) is 0. The van der Waals surface area contributed by atoms with Crippen molar-refractivity contribution in [3.05, 3.63) is 35.9 Å². The number of nitrogens with zero attached hydrogens (tertiary/aromatic N) is 1. The lowest BCUT2D eigenvalue weighted by molar-refractivity contribution is -0.195. The van der Waals surface area contributed by atoms with Gasteiger partial charge in [0.05, 0.1) is 12.6 Å². The molecule has 0 bridgehead atoms. The summed E-state index contributed by atoms with van der Waals surface area (Å²) in [5, 5.41) is 1.97. The van der Waals surface area contributed by atoms with Crippen LogP contribution in [0.5, 0.6) is 0 Å². The molecule has 0 spiro atoms. The smallest absolute Gasteiger partial charge is 0.0685 e. The number of hydroxylamine groups is 2. The summed E-state index contributed by atoms with van der Waals surface area (Å²) in [7, 11) is 2.01. The highest BCUT2D eigenvalue weighted by Gasteiger charge is 2.20. The van der Waals surface area contributed by atoms with Crippen LogP contribution >= 0.6 is 0 Å². The summed E-state index contributed by atoms with van der Waals surface area (Å²) in [6, 6.07) is 11.0. The molecule has 0 saturated carbocycles. The van der Waals surface area contributed by atoms with E-state index in [9.17, 15) is 0 Å². The molecule has 13 heavy (non-hydrogen) atoms. The van der Waals surface area contributed by atoms with Gasteiger partial charge in [0.2, 0.25) is 0 Å². The Morgan fingerprint density at radius 3 is 2.77 bits per heavy atom. The van der Waals surface area contributed by atoms with Gasteiger partial charge in [-0.25, -0.2) is 0 Å². The highest BCUT2D eigenvalue weighted by molar-refractivity contribution is 5.18. The Labute approximate surface area is 79.1 Å².